The largest absolute Gasteiger partial charge is 0.441 e. The Balaban J connectivity index is 1.57. The molecule has 0 saturated carbocycles. The van der Waals surface area contributed by atoms with Crippen molar-refractivity contribution in [1.29, 1.82) is 0 Å². The fourth-order valence-corrected chi connectivity index (χ4v) is 5.14. The van der Waals surface area contributed by atoms with E-state index >= 15 is 0 Å². The number of aryl methyl sites for hydroxylation is 2. The Morgan fingerprint density at radius 2 is 1.68 bits per heavy atom. The van der Waals surface area contributed by atoms with Gasteiger partial charge in [0.1, 0.15) is 5.52 Å². The molecule has 0 bridgehead atoms. The number of pyridine rings is 1. The van der Waals surface area contributed by atoms with Crippen molar-refractivity contribution in [2.75, 3.05) is 4.72 Å². The molecule has 190 valence electrons. The minimum Gasteiger partial charge on any atom is -0.441 e. The topological polar surface area (TPSA) is 151 Å². The number of alkyl halides is 3. The molecule has 2 aromatic carbocycles. The van der Waals surface area contributed by atoms with Gasteiger partial charge in [-0.15, -0.1) is 0 Å². The number of benzene rings is 2. The molecule has 0 unspecified atom stereocenters. The molecule has 0 radical (unpaired) electrons. The van der Waals surface area contributed by atoms with Gasteiger partial charge in [-0.05, 0) is 53.9 Å². The second-order valence-corrected chi connectivity index (χ2v) is 9.79. The van der Waals surface area contributed by atoms with Crippen LogP contribution in [0, 0.1) is 13.8 Å². The lowest BCUT2D eigenvalue weighted by Crippen LogP contribution is -2.29. The molecule has 5 rings (SSSR count). The maximum absolute atomic E-state index is 14.0. The number of hydrogen-bond acceptors (Lipinski definition) is 7. The van der Waals surface area contributed by atoms with Gasteiger partial charge in [-0.2, -0.15) is 21.6 Å². The van der Waals surface area contributed by atoms with Gasteiger partial charge in [-0.1, -0.05) is 12.1 Å². The minimum absolute atomic E-state index is 0.0871. The van der Waals surface area contributed by atoms with Crippen LogP contribution in [0.3, 0.4) is 0 Å². The third-order valence-electron chi connectivity index (χ3n) is 5.49. The lowest BCUT2D eigenvalue weighted by atomic mass is 9.98. The monoisotopic (exact) mass is 531 g/mol. The molecule has 0 aliphatic heterocycles. The molecule has 37 heavy (non-hydrogen) atoms. The Morgan fingerprint density at radius 3 is 2.41 bits per heavy atom. The van der Waals surface area contributed by atoms with Crippen molar-refractivity contribution in [3.8, 4) is 11.1 Å². The number of anilines is 1. The highest BCUT2D eigenvalue weighted by atomic mass is 32.2. The van der Waals surface area contributed by atoms with E-state index in [1.165, 1.54) is 37.3 Å². The first-order chi connectivity index (χ1) is 17.3. The van der Waals surface area contributed by atoms with E-state index in [4.69, 9.17) is 4.42 Å². The van der Waals surface area contributed by atoms with Gasteiger partial charge in [0.05, 0.1) is 11.1 Å². The van der Waals surface area contributed by atoms with E-state index in [1.807, 2.05) is 0 Å². The maximum Gasteiger partial charge on any atom is 0.417 e. The molecule has 0 saturated heterocycles. The number of fused-ring (bicyclic) bond motifs is 2. The van der Waals surface area contributed by atoms with E-state index in [0.29, 0.717) is 23.1 Å². The number of halogens is 3. The highest BCUT2D eigenvalue weighted by molar-refractivity contribution is 7.92. The number of hydrogen-bond donors (Lipinski definition) is 3. The van der Waals surface area contributed by atoms with Crippen molar-refractivity contribution >= 4 is 38.0 Å². The van der Waals surface area contributed by atoms with Crippen LogP contribution >= 0.6 is 0 Å². The number of oxazole rings is 1. The Morgan fingerprint density at radius 1 is 0.946 bits per heavy atom. The molecule has 0 aliphatic rings. The van der Waals surface area contributed by atoms with E-state index in [-0.39, 0.29) is 33.5 Å². The molecule has 10 nitrogen and oxygen atoms in total. The second-order valence-electron chi connectivity index (χ2n) is 8.19. The highest BCUT2D eigenvalue weighted by Crippen LogP contribution is 2.39. The quantitative estimate of drug-likeness (QED) is 0.298. The summed E-state index contributed by atoms with van der Waals surface area (Å²) in [4.78, 5) is 35.6. The molecule has 0 fully saturated rings. The van der Waals surface area contributed by atoms with E-state index in [1.54, 1.807) is 6.92 Å². The predicted molar refractivity (Wildman–Crippen MR) is 128 cm³/mol. The molecule has 3 heterocycles. The summed E-state index contributed by atoms with van der Waals surface area (Å²) in [5.74, 6) is 0.362. The van der Waals surface area contributed by atoms with Crippen LogP contribution in [0.4, 0.5) is 18.9 Å². The fourth-order valence-electron chi connectivity index (χ4n) is 3.91. The van der Waals surface area contributed by atoms with E-state index in [2.05, 4.69) is 24.7 Å². The van der Waals surface area contributed by atoms with E-state index in [9.17, 15) is 31.2 Å². The summed E-state index contributed by atoms with van der Waals surface area (Å²) in [6.07, 6.45) is -4.81. The van der Waals surface area contributed by atoms with Gasteiger partial charge in [-0.3, -0.25) is 14.3 Å². The zero-order chi connectivity index (χ0) is 26.7. The van der Waals surface area contributed by atoms with Gasteiger partial charge in [0, 0.05) is 12.6 Å². The number of sulfonamides is 1. The molecule has 5 aromatic rings. The molecular formula is C23H16F3N5O5S. The third-order valence-corrected chi connectivity index (χ3v) is 6.92. The summed E-state index contributed by atoms with van der Waals surface area (Å²) >= 11 is 0. The van der Waals surface area contributed by atoms with Crippen LogP contribution in [0.15, 0.2) is 61.5 Å². The number of aromatic nitrogens is 4. The standard InChI is InChI=1S/C23H16F3N5O5S/c1-10-7-17-19(29-21(33)20(32)28-17)30-22(10)37(34,35)31-13-4-5-14(15(9-13)23(24,25)26)12-3-6-18-16(8-12)27-11(2)36-18/h3-9,31H,1-2H3,(H,28,32)(H,29,30,33). The van der Waals surface area contributed by atoms with Gasteiger partial charge in [0.2, 0.25) is 0 Å². The number of nitrogens with zero attached hydrogens (tertiary/aromatic N) is 2. The van der Waals surface area contributed by atoms with E-state index in [0.717, 1.165) is 6.07 Å². The van der Waals surface area contributed by atoms with Gasteiger partial charge in [0.15, 0.2) is 22.1 Å². The predicted octanol–water partition coefficient (Wildman–Crippen LogP) is 3.86. The van der Waals surface area contributed by atoms with Crippen LogP contribution < -0.4 is 15.8 Å². The summed E-state index contributed by atoms with van der Waals surface area (Å²) in [5.41, 5.74) is -2.61. The summed E-state index contributed by atoms with van der Waals surface area (Å²) in [6, 6.07) is 8.71. The van der Waals surface area contributed by atoms with Gasteiger partial charge < -0.3 is 14.4 Å². The van der Waals surface area contributed by atoms with Gasteiger partial charge in [-0.25, -0.2) is 9.97 Å². The number of H-pyrrole nitrogens is 2. The summed E-state index contributed by atoms with van der Waals surface area (Å²) < 4.78 is 75.6. The second kappa shape index (κ2) is 8.30. The Labute approximate surface area is 205 Å². The van der Waals surface area contributed by atoms with E-state index < -0.39 is 37.9 Å². The summed E-state index contributed by atoms with van der Waals surface area (Å²) in [5, 5.41) is -0.535. The average Bonchev–Trinajstić information content (AvgIpc) is 3.18. The van der Waals surface area contributed by atoms with Crippen molar-refractivity contribution < 1.29 is 26.0 Å². The van der Waals surface area contributed by atoms with Crippen molar-refractivity contribution in [2.24, 2.45) is 0 Å². The Hall–Kier alpha value is -4.46. The average molecular weight is 531 g/mol. The lowest BCUT2D eigenvalue weighted by Gasteiger charge is -2.16. The first-order valence-corrected chi connectivity index (χ1v) is 12.1. The summed E-state index contributed by atoms with van der Waals surface area (Å²) in [7, 11) is -4.49. The van der Waals surface area contributed by atoms with Crippen molar-refractivity contribution in [3.05, 3.63) is 80.2 Å². The first kappa shape index (κ1) is 24.2. The zero-order valence-corrected chi connectivity index (χ0v) is 19.8. The molecule has 3 aromatic heterocycles. The first-order valence-electron chi connectivity index (χ1n) is 10.6. The lowest BCUT2D eigenvalue weighted by molar-refractivity contribution is -0.137. The highest BCUT2D eigenvalue weighted by Gasteiger charge is 2.34. The van der Waals surface area contributed by atoms with Crippen LogP contribution in [0.25, 0.3) is 33.4 Å². The smallest absolute Gasteiger partial charge is 0.417 e. The van der Waals surface area contributed by atoms with Crippen LogP contribution in [-0.2, 0) is 16.2 Å². The molecule has 0 spiro atoms. The van der Waals surface area contributed by atoms with Crippen LogP contribution in [-0.4, -0.2) is 28.4 Å². The van der Waals surface area contributed by atoms with Crippen molar-refractivity contribution in [1.82, 2.24) is 19.9 Å². The van der Waals surface area contributed by atoms with Gasteiger partial charge in [0.25, 0.3) is 10.0 Å². The fraction of sp³-hybridized carbons (Fsp3) is 0.130. The van der Waals surface area contributed by atoms with Crippen molar-refractivity contribution in [3.63, 3.8) is 0 Å². The molecule has 0 atom stereocenters. The van der Waals surface area contributed by atoms with Gasteiger partial charge >= 0.3 is 17.3 Å². The molecule has 14 heteroatoms. The molecule has 3 N–H and O–H groups in total. The SMILES string of the molecule is Cc1nc2cc(-c3ccc(NS(=O)(=O)c4nc5[nH]c(=O)c(=O)[nH]c5cc4C)cc3C(F)(F)F)ccc2o1. The number of nitrogens with one attached hydrogen (secondary N) is 3. The van der Waals surface area contributed by atoms with Crippen LogP contribution in [0.1, 0.15) is 17.0 Å². The number of aromatic amines is 2. The maximum atomic E-state index is 14.0. The zero-order valence-electron chi connectivity index (χ0n) is 19.0. The normalized spacial score (nSPS) is 12.4. The Bertz CT molecular complexity index is 1940. The van der Waals surface area contributed by atoms with Crippen molar-refractivity contribution in [2.45, 2.75) is 25.0 Å². The number of rotatable bonds is 4. The molecule has 0 amide bonds. The third kappa shape index (κ3) is 4.46. The Kier molecular flexibility index (Phi) is 5.44. The minimum atomic E-state index is -4.81. The summed E-state index contributed by atoms with van der Waals surface area (Å²) in [6.45, 7) is 3.00. The van der Waals surface area contributed by atoms with Crippen LogP contribution in [0.2, 0.25) is 0 Å². The molecule has 0 aliphatic carbocycles. The van der Waals surface area contributed by atoms with Crippen LogP contribution in [0.5, 0.6) is 0 Å². The molecular weight excluding hydrogens is 515 g/mol.